The minimum absolute atomic E-state index is 0.130. The number of benzene rings is 2. The Morgan fingerprint density at radius 2 is 1.33 bits per heavy atom. The summed E-state index contributed by atoms with van der Waals surface area (Å²) in [5.41, 5.74) is -3.07. The van der Waals surface area contributed by atoms with Gasteiger partial charge in [-0.3, -0.25) is 15.0 Å². The van der Waals surface area contributed by atoms with E-state index in [-0.39, 0.29) is 39.8 Å². The molecule has 28 heteroatoms. The van der Waals surface area contributed by atoms with Gasteiger partial charge in [0.25, 0.3) is 5.91 Å². The van der Waals surface area contributed by atoms with Crippen molar-refractivity contribution >= 4 is 24.0 Å². The fraction of sp³-hybridized carbons (Fsp3) is 0.511. The number of hydrogen-bond acceptors (Lipinski definition) is 10. The SMILES string of the molecule is CC(C)(C(NC(=O)OC1CC1)C(=O)N[C@@H](Cc1ccc(-c2cnn(C(F)F)c2)cc1)[C@@H](O)CN(Cc1c(F)cc(-c2cnn(C(F)F)c2)cc1F)NC(=O)C(OC(N)=O)(C1CC1)C(C)(C)C(F)(F)F)C(F)(F)F. The summed E-state index contributed by atoms with van der Waals surface area (Å²) in [5, 5.41) is 23.7. The highest BCUT2D eigenvalue weighted by molar-refractivity contribution is 5.89. The van der Waals surface area contributed by atoms with E-state index in [0.29, 0.717) is 67.9 Å². The normalized spacial score (nSPS) is 16.7. The van der Waals surface area contributed by atoms with Crippen molar-refractivity contribution in [1.82, 2.24) is 40.6 Å². The molecule has 0 radical (unpaired) electrons. The number of aromatic nitrogens is 4. The van der Waals surface area contributed by atoms with E-state index in [2.05, 4.69) is 20.9 Å². The van der Waals surface area contributed by atoms with Crippen LogP contribution in [0.5, 0.6) is 0 Å². The van der Waals surface area contributed by atoms with E-state index in [1.165, 1.54) is 24.3 Å². The number of ether oxygens (including phenoxy) is 2. The Morgan fingerprint density at radius 3 is 1.78 bits per heavy atom. The Bertz CT molecular complexity index is 2610. The molecule has 6 N–H and O–H groups in total. The fourth-order valence-corrected chi connectivity index (χ4v) is 7.99. The molecular formula is C45H49F12N9O7. The molecule has 2 heterocycles. The summed E-state index contributed by atoms with van der Waals surface area (Å²) in [6.07, 6.45) is -13.0. The van der Waals surface area contributed by atoms with E-state index in [4.69, 9.17) is 15.2 Å². The molecular weight excluding hydrogens is 1010 g/mol. The van der Waals surface area contributed by atoms with Gasteiger partial charge in [-0.1, -0.05) is 24.3 Å². The Balaban J connectivity index is 1.42. The van der Waals surface area contributed by atoms with E-state index in [0.717, 1.165) is 24.8 Å². The molecule has 0 spiro atoms. The molecule has 4 amide bonds. The van der Waals surface area contributed by atoms with Crippen LogP contribution < -0.4 is 21.8 Å². The molecule has 2 fully saturated rings. The molecule has 0 aliphatic heterocycles. The Labute approximate surface area is 407 Å². The van der Waals surface area contributed by atoms with Gasteiger partial charge < -0.3 is 30.9 Å². The molecule has 2 aromatic heterocycles. The summed E-state index contributed by atoms with van der Waals surface area (Å²) in [6, 6.07) is 2.45. The number of nitrogens with zero attached hydrogens (tertiary/aromatic N) is 5. The first-order valence-electron chi connectivity index (χ1n) is 22.2. The standard InChI is InChI=1S/C45H49F12N9O7/c1-41(2,44(52,53)54)34(62-40(71)72-28-11-12-28)35(68)61-32(13-22-5-7-23(8-6-22)25-16-59-65(18-25)37(48)49)33(67)21-64(20-29-30(46)14-24(15-31(29)47)26-17-60-66(19-26)38(50)51)63-36(69)43(27-9-10-27,73-39(58)70)42(3,4)45(55,56)57/h5-8,14-19,27-28,32-34,37-38,67H,9-13,20-21H2,1-4H3,(H2,58,70)(H,61,68)(H,62,71)(H,63,69)/t32-,33-,34?,43?/m0/s1. The number of primary amides is 1. The molecule has 73 heavy (non-hydrogen) atoms. The van der Waals surface area contributed by atoms with Crippen LogP contribution in [-0.2, 0) is 32.0 Å². The maximum atomic E-state index is 16.1. The average molecular weight is 1060 g/mol. The first-order chi connectivity index (χ1) is 33.9. The second-order valence-corrected chi connectivity index (χ2v) is 18.8. The van der Waals surface area contributed by atoms with Gasteiger partial charge in [0.05, 0.1) is 30.0 Å². The van der Waals surface area contributed by atoms with Crippen molar-refractivity contribution in [2.75, 3.05) is 6.54 Å². The number of amides is 4. The third-order valence-corrected chi connectivity index (χ3v) is 12.8. The Kier molecular flexibility index (Phi) is 16.1. The van der Waals surface area contributed by atoms with Crippen LogP contribution in [-0.4, -0.2) is 102 Å². The summed E-state index contributed by atoms with van der Waals surface area (Å²) >= 11 is 0. The van der Waals surface area contributed by atoms with Crippen molar-refractivity contribution < 1.29 is 86.4 Å². The highest BCUT2D eigenvalue weighted by Gasteiger charge is 2.72. The van der Waals surface area contributed by atoms with Crippen LogP contribution >= 0.6 is 0 Å². The number of alkyl carbamates (subject to hydrolysis) is 1. The van der Waals surface area contributed by atoms with Crippen molar-refractivity contribution in [1.29, 1.82) is 0 Å². The zero-order chi connectivity index (χ0) is 54.2. The highest BCUT2D eigenvalue weighted by Crippen LogP contribution is 2.57. The zero-order valence-corrected chi connectivity index (χ0v) is 39.0. The number of rotatable bonds is 21. The molecule has 16 nitrogen and oxygen atoms in total. The van der Waals surface area contributed by atoms with Crippen LogP contribution in [0.4, 0.5) is 62.3 Å². The summed E-state index contributed by atoms with van der Waals surface area (Å²) in [7, 11) is 0. The van der Waals surface area contributed by atoms with Gasteiger partial charge in [0.2, 0.25) is 11.5 Å². The van der Waals surface area contributed by atoms with Crippen LogP contribution in [0.2, 0.25) is 0 Å². The average Bonchev–Trinajstić information content (AvgIpc) is 4.19. The topological polar surface area (TPSA) is 208 Å². The number of hydrazine groups is 1. The van der Waals surface area contributed by atoms with Gasteiger partial charge in [0.1, 0.15) is 29.2 Å². The number of nitrogens with two attached hydrogens (primary N) is 1. The van der Waals surface area contributed by atoms with Gasteiger partial charge in [0, 0.05) is 48.1 Å². The van der Waals surface area contributed by atoms with Crippen LogP contribution in [0, 0.1) is 28.4 Å². The first-order valence-corrected chi connectivity index (χ1v) is 22.2. The molecule has 4 aromatic rings. The molecule has 0 saturated heterocycles. The second kappa shape index (κ2) is 21.1. The summed E-state index contributed by atoms with van der Waals surface area (Å²) < 4.78 is 185. The van der Waals surface area contributed by atoms with Crippen molar-refractivity contribution in [2.45, 2.75) is 122 Å². The van der Waals surface area contributed by atoms with Crippen LogP contribution in [0.15, 0.2) is 61.2 Å². The van der Waals surface area contributed by atoms with Crippen molar-refractivity contribution in [3.8, 4) is 22.3 Å². The number of aliphatic hydroxyl groups is 1. The Morgan fingerprint density at radius 1 is 0.795 bits per heavy atom. The fourth-order valence-electron chi connectivity index (χ4n) is 7.99. The van der Waals surface area contributed by atoms with Crippen LogP contribution in [0.25, 0.3) is 22.3 Å². The number of alkyl halides is 10. The second-order valence-electron chi connectivity index (χ2n) is 18.8. The maximum Gasteiger partial charge on any atom is 0.408 e. The van der Waals surface area contributed by atoms with E-state index < -0.39 is 133 Å². The molecule has 400 valence electrons. The first kappa shape index (κ1) is 55.7. The number of carbonyl (C=O) groups excluding carboxylic acids is 4. The Hall–Kier alpha value is -6.58. The quantitative estimate of drug-likeness (QED) is 0.0400. The van der Waals surface area contributed by atoms with E-state index in [1.54, 1.807) is 0 Å². The number of carbonyl (C=O) groups is 4. The third kappa shape index (κ3) is 12.4. The lowest BCUT2D eigenvalue weighted by atomic mass is 9.70. The predicted molar refractivity (Wildman–Crippen MR) is 230 cm³/mol. The number of aliphatic hydroxyl groups excluding tert-OH is 1. The van der Waals surface area contributed by atoms with Gasteiger partial charge >= 0.3 is 37.6 Å². The molecule has 2 saturated carbocycles. The van der Waals surface area contributed by atoms with Crippen molar-refractivity contribution in [3.63, 3.8) is 0 Å². The van der Waals surface area contributed by atoms with E-state index in [9.17, 15) is 68.2 Å². The molecule has 4 atom stereocenters. The molecule has 0 bridgehead atoms. The van der Waals surface area contributed by atoms with Gasteiger partial charge in [-0.05, 0) is 88.6 Å². The lowest BCUT2D eigenvalue weighted by Gasteiger charge is -2.46. The summed E-state index contributed by atoms with van der Waals surface area (Å²) in [5.74, 6) is -7.61. The van der Waals surface area contributed by atoms with Gasteiger partial charge in [0.15, 0.2) is 0 Å². The summed E-state index contributed by atoms with van der Waals surface area (Å²) in [6.45, 7) is -6.32. The highest BCUT2D eigenvalue weighted by atomic mass is 19.4. The number of nitrogens with one attached hydrogen (secondary N) is 3. The van der Waals surface area contributed by atoms with E-state index in [1.807, 2.05) is 5.32 Å². The monoisotopic (exact) mass is 1060 g/mol. The van der Waals surface area contributed by atoms with Crippen LogP contribution in [0.3, 0.4) is 0 Å². The lowest BCUT2D eigenvalue weighted by molar-refractivity contribution is -0.270. The molecule has 2 unspecified atom stereocenters. The lowest BCUT2D eigenvalue weighted by Crippen LogP contribution is -2.67. The number of halogens is 12. The molecule has 2 aromatic carbocycles. The third-order valence-electron chi connectivity index (χ3n) is 12.8. The zero-order valence-electron chi connectivity index (χ0n) is 39.0. The molecule has 6 rings (SSSR count). The van der Waals surface area contributed by atoms with Crippen molar-refractivity contribution in [2.24, 2.45) is 22.5 Å². The van der Waals surface area contributed by atoms with Gasteiger partial charge in [-0.2, -0.15) is 54.1 Å². The van der Waals surface area contributed by atoms with Crippen molar-refractivity contribution in [3.05, 3.63) is 83.9 Å². The predicted octanol–water partition coefficient (Wildman–Crippen LogP) is 8.08. The molecule has 2 aliphatic carbocycles. The van der Waals surface area contributed by atoms with E-state index >= 15 is 8.78 Å². The smallest absolute Gasteiger partial charge is 0.408 e. The minimum Gasteiger partial charge on any atom is -0.446 e. The maximum absolute atomic E-state index is 16.1. The summed E-state index contributed by atoms with van der Waals surface area (Å²) in [4.78, 5) is 53.8. The number of hydrogen-bond donors (Lipinski definition) is 5. The van der Waals surface area contributed by atoms with Gasteiger partial charge in [-0.25, -0.2) is 32.7 Å². The minimum atomic E-state index is -5.33. The molecule has 2 aliphatic rings. The van der Waals surface area contributed by atoms with Crippen LogP contribution in [0.1, 0.15) is 77.6 Å². The van der Waals surface area contributed by atoms with Gasteiger partial charge in [-0.15, -0.1) is 0 Å². The largest absolute Gasteiger partial charge is 0.446 e.